The second-order valence-corrected chi connectivity index (χ2v) is 3.72. The zero-order valence-electron chi connectivity index (χ0n) is 9.72. The lowest BCUT2D eigenvalue weighted by Crippen LogP contribution is -2.33. The van der Waals surface area contributed by atoms with Crippen LogP contribution in [-0.2, 0) is 10.9 Å². The number of ether oxygens (including phenoxy) is 1. The van der Waals surface area contributed by atoms with Crippen LogP contribution in [0, 0.1) is 5.82 Å². The van der Waals surface area contributed by atoms with E-state index in [2.05, 4.69) is 5.32 Å². The van der Waals surface area contributed by atoms with E-state index in [9.17, 15) is 17.6 Å². The number of methoxy groups -OCH3 is 1. The van der Waals surface area contributed by atoms with Gasteiger partial charge in [0.25, 0.3) is 0 Å². The average molecular weight is 266 g/mol. The van der Waals surface area contributed by atoms with Crippen molar-refractivity contribution in [2.24, 2.45) is 5.73 Å². The first-order chi connectivity index (χ1) is 8.38. The standard InChI is InChI=1S/C11H14F4N2O/c1-18-6-8(5-16)17-10-3-2-7(4-9(10)12)11(13,14)15/h2-4,8,17H,5-6,16H2,1H3. The maximum Gasteiger partial charge on any atom is 0.416 e. The summed E-state index contributed by atoms with van der Waals surface area (Å²) in [5, 5.41) is 2.68. The maximum absolute atomic E-state index is 13.5. The SMILES string of the molecule is COCC(CN)Nc1ccc(C(F)(F)F)cc1F. The molecule has 0 fully saturated rings. The number of rotatable bonds is 5. The van der Waals surface area contributed by atoms with Crippen LogP contribution in [0.3, 0.4) is 0 Å². The highest BCUT2D eigenvalue weighted by Crippen LogP contribution is 2.31. The van der Waals surface area contributed by atoms with Gasteiger partial charge in [0.2, 0.25) is 0 Å². The molecular weight excluding hydrogens is 252 g/mol. The van der Waals surface area contributed by atoms with Crippen LogP contribution in [0.25, 0.3) is 0 Å². The number of hydrogen-bond donors (Lipinski definition) is 2. The first-order valence-corrected chi connectivity index (χ1v) is 5.20. The van der Waals surface area contributed by atoms with E-state index >= 15 is 0 Å². The molecule has 0 aliphatic heterocycles. The molecule has 0 aliphatic carbocycles. The fourth-order valence-electron chi connectivity index (χ4n) is 1.40. The molecule has 18 heavy (non-hydrogen) atoms. The van der Waals surface area contributed by atoms with Crippen LogP contribution < -0.4 is 11.1 Å². The highest BCUT2D eigenvalue weighted by Gasteiger charge is 2.31. The summed E-state index contributed by atoms with van der Waals surface area (Å²) in [6, 6.07) is 1.94. The van der Waals surface area contributed by atoms with Gasteiger partial charge in [0.05, 0.1) is 23.9 Å². The molecule has 0 amide bonds. The minimum atomic E-state index is -4.56. The third kappa shape index (κ3) is 3.85. The Labute approximate surface area is 102 Å². The predicted octanol–water partition coefficient (Wildman–Crippen LogP) is 2.23. The molecule has 102 valence electrons. The molecule has 0 aromatic heterocycles. The van der Waals surface area contributed by atoms with Crippen molar-refractivity contribution in [3.63, 3.8) is 0 Å². The lowest BCUT2D eigenvalue weighted by molar-refractivity contribution is -0.137. The van der Waals surface area contributed by atoms with Gasteiger partial charge >= 0.3 is 6.18 Å². The molecule has 0 aliphatic rings. The van der Waals surface area contributed by atoms with Crippen LogP contribution in [0.1, 0.15) is 5.56 Å². The molecule has 0 spiro atoms. The van der Waals surface area contributed by atoms with Crippen molar-refractivity contribution in [3.05, 3.63) is 29.6 Å². The normalized spacial score (nSPS) is 13.4. The minimum absolute atomic E-state index is 0.0319. The summed E-state index contributed by atoms with van der Waals surface area (Å²) >= 11 is 0. The van der Waals surface area contributed by atoms with Gasteiger partial charge in [-0.25, -0.2) is 4.39 Å². The van der Waals surface area contributed by atoms with Gasteiger partial charge < -0.3 is 15.8 Å². The van der Waals surface area contributed by atoms with E-state index in [-0.39, 0.29) is 24.9 Å². The summed E-state index contributed by atoms with van der Waals surface area (Å²) in [5.41, 5.74) is 4.35. The van der Waals surface area contributed by atoms with Crippen LogP contribution in [-0.4, -0.2) is 26.3 Å². The van der Waals surface area contributed by atoms with Gasteiger partial charge in [-0.3, -0.25) is 0 Å². The smallest absolute Gasteiger partial charge is 0.383 e. The van der Waals surface area contributed by atoms with Gasteiger partial charge in [0, 0.05) is 13.7 Å². The van der Waals surface area contributed by atoms with Gasteiger partial charge in [-0.2, -0.15) is 13.2 Å². The maximum atomic E-state index is 13.5. The van der Waals surface area contributed by atoms with Crippen LogP contribution in [0.15, 0.2) is 18.2 Å². The van der Waals surface area contributed by atoms with Crippen molar-refractivity contribution in [1.82, 2.24) is 0 Å². The second kappa shape index (κ2) is 6.01. The largest absolute Gasteiger partial charge is 0.416 e. The van der Waals surface area contributed by atoms with E-state index in [0.717, 1.165) is 12.1 Å². The fourth-order valence-corrected chi connectivity index (χ4v) is 1.40. The summed E-state index contributed by atoms with van der Waals surface area (Å²) in [5.74, 6) is -0.973. The van der Waals surface area contributed by atoms with Gasteiger partial charge in [-0.1, -0.05) is 0 Å². The molecule has 7 heteroatoms. The van der Waals surface area contributed by atoms with Crippen molar-refractivity contribution in [2.75, 3.05) is 25.6 Å². The number of anilines is 1. The van der Waals surface area contributed by atoms with Gasteiger partial charge in [0.15, 0.2) is 0 Å². The summed E-state index contributed by atoms with van der Waals surface area (Å²) in [6.07, 6.45) is -4.56. The van der Waals surface area contributed by atoms with Crippen molar-refractivity contribution < 1.29 is 22.3 Å². The Balaban J connectivity index is 2.85. The van der Waals surface area contributed by atoms with E-state index in [1.807, 2.05) is 0 Å². The average Bonchev–Trinajstić information content (AvgIpc) is 2.29. The number of hydrogen-bond acceptors (Lipinski definition) is 3. The molecular formula is C11H14F4N2O. The molecule has 0 heterocycles. The highest BCUT2D eigenvalue weighted by atomic mass is 19.4. The Kier molecular flexibility index (Phi) is 4.92. The van der Waals surface area contributed by atoms with Crippen LogP contribution >= 0.6 is 0 Å². The zero-order chi connectivity index (χ0) is 13.8. The molecule has 3 N–H and O–H groups in total. The molecule has 0 saturated heterocycles. The van der Waals surface area contributed by atoms with E-state index in [0.29, 0.717) is 6.07 Å². The summed E-state index contributed by atoms with van der Waals surface area (Å²) in [6.45, 7) is 0.408. The van der Waals surface area contributed by atoms with Gasteiger partial charge in [-0.05, 0) is 18.2 Å². The molecule has 1 aromatic rings. The Morgan fingerprint density at radius 2 is 2.06 bits per heavy atom. The molecule has 3 nitrogen and oxygen atoms in total. The third-order valence-electron chi connectivity index (χ3n) is 2.31. The van der Waals surface area contributed by atoms with E-state index in [1.165, 1.54) is 7.11 Å². The topological polar surface area (TPSA) is 47.3 Å². The van der Waals surface area contributed by atoms with Crippen LogP contribution in [0.4, 0.5) is 23.2 Å². The number of nitrogens with one attached hydrogen (secondary N) is 1. The number of halogens is 4. The molecule has 1 unspecified atom stereocenters. The van der Waals surface area contributed by atoms with E-state index in [4.69, 9.17) is 10.5 Å². The second-order valence-electron chi connectivity index (χ2n) is 3.72. The zero-order valence-corrected chi connectivity index (χ0v) is 9.72. The van der Waals surface area contributed by atoms with Gasteiger partial charge in [0.1, 0.15) is 5.82 Å². The van der Waals surface area contributed by atoms with E-state index < -0.39 is 17.6 Å². The first-order valence-electron chi connectivity index (χ1n) is 5.20. The molecule has 1 atom stereocenters. The predicted molar refractivity (Wildman–Crippen MR) is 59.7 cm³/mol. The number of alkyl halides is 3. The molecule has 0 bridgehead atoms. The van der Waals surface area contributed by atoms with Crippen molar-refractivity contribution in [1.29, 1.82) is 0 Å². The van der Waals surface area contributed by atoms with Gasteiger partial charge in [-0.15, -0.1) is 0 Å². The number of benzene rings is 1. The third-order valence-corrected chi connectivity index (χ3v) is 2.31. The summed E-state index contributed by atoms with van der Waals surface area (Å²) < 4.78 is 55.3. The van der Waals surface area contributed by atoms with Crippen LogP contribution in [0.2, 0.25) is 0 Å². The van der Waals surface area contributed by atoms with Crippen LogP contribution in [0.5, 0.6) is 0 Å². The molecule has 1 rings (SSSR count). The Morgan fingerprint density at radius 1 is 1.39 bits per heavy atom. The van der Waals surface area contributed by atoms with E-state index in [1.54, 1.807) is 0 Å². The monoisotopic (exact) mass is 266 g/mol. The fraction of sp³-hybridized carbons (Fsp3) is 0.455. The van der Waals surface area contributed by atoms with Crippen molar-refractivity contribution >= 4 is 5.69 Å². The Bertz CT molecular complexity index is 395. The number of nitrogens with two attached hydrogens (primary N) is 1. The lowest BCUT2D eigenvalue weighted by atomic mass is 10.1. The lowest BCUT2D eigenvalue weighted by Gasteiger charge is -2.18. The first kappa shape index (κ1) is 14.7. The summed E-state index contributed by atoms with van der Waals surface area (Å²) in [7, 11) is 1.45. The molecule has 0 radical (unpaired) electrons. The quantitative estimate of drug-likeness (QED) is 0.803. The highest BCUT2D eigenvalue weighted by molar-refractivity contribution is 5.47. The Hall–Kier alpha value is -1.34. The Morgan fingerprint density at radius 3 is 2.50 bits per heavy atom. The van der Waals surface area contributed by atoms with Crippen molar-refractivity contribution in [3.8, 4) is 0 Å². The molecule has 1 aromatic carbocycles. The minimum Gasteiger partial charge on any atom is -0.383 e. The summed E-state index contributed by atoms with van der Waals surface area (Å²) in [4.78, 5) is 0. The molecule has 0 saturated carbocycles. The van der Waals surface area contributed by atoms with Crippen molar-refractivity contribution in [2.45, 2.75) is 12.2 Å².